The molecule has 1 aromatic rings. The van der Waals surface area contributed by atoms with Crippen LogP contribution in [0.3, 0.4) is 0 Å². The van der Waals surface area contributed by atoms with E-state index in [2.05, 4.69) is 24.6 Å². The van der Waals surface area contributed by atoms with E-state index in [1.54, 1.807) is 0 Å². The lowest BCUT2D eigenvalue weighted by Crippen LogP contribution is -2.34. The molecule has 0 aliphatic carbocycles. The Labute approximate surface area is 104 Å². The molecule has 0 amide bonds. The van der Waals surface area contributed by atoms with E-state index in [0.29, 0.717) is 0 Å². The molecule has 0 saturated heterocycles. The molecule has 0 saturated carbocycles. The molecule has 10 heteroatoms. The Hall–Kier alpha value is -1.81. The molecule has 0 spiro atoms. The van der Waals surface area contributed by atoms with Gasteiger partial charge in [-0.2, -0.15) is 17.8 Å². The summed E-state index contributed by atoms with van der Waals surface area (Å²) in [4.78, 5) is 14.6. The van der Waals surface area contributed by atoms with Crippen molar-refractivity contribution < 1.29 is 17.9 Å². The fourth-order valence-corrected chi connectivity index (χ4v) is 1.77. The van der Waals surface area contributed by atoms with Gasteiger partial charge in [0.1, 0.15) is 0 Å². The van der Waals surface area contributed by atoms with Gasteiger partial charge in [0, 0.05) is 13.6 Å². The predicted octanol–water partition coefficient (Wildman–Crippen LogP) is -0.977. The van der Waals surface area contributed by atoms with E-state index in [1.165, 1.54) is 26.6 Å². The molecule has 1 heterocycles. The minimum Gasteiger partial charge on any atom is -0.469 e. The van der Waals surface area contributed by atoms with Gasteiger partial charge in [0.05, 0.1) is 25.9 Å². The molecule has 100 valence electrons. The van der Waals surface area contributed by atoms with Crippen molar-refractivity contribution in [3.63, 3.8) is 0 Å². The predicted molar refractivity (Wildman–Crippen MR) is 61.6 cm³/mol. The zero-order chi connectivity index (χ0) is 13.6. The number of hydrogen-bond acceptors (Lipinski definition) is 7. The SMILES string of the molecule is COC(=O)CCN(C)S(=O)(=O)Nc1nccnn1. The molecule has 1 rings (SSSR count). The Morgan fingerprint density at radius 2 is 2.22 bits per heavy atom. The largest absolute Gasteiger partial charge is 0.469 e. The van der Waals surface area contributed by atoms with Crippen LogP contribution in [0.2, 0.25) is 0 Å². The van der Waals surface area contributed by atoms with Crippen LogP contribution >= 0.6 is 0 Å². The van der Waals surface area contributed by atoms with Gasteiger partial charge in [-0.25, -0.2) is 9.71 Å². The van der Waals surface area contributed by atoms with Crippen LogP contribution < -0.4 is 4.72 Å². The molecule has 0 radical (unpaired) electrons. The zero-order valence-electron chi connectivity index (χ0n) is 9.90. The summed E-state index contributed by atoms with van der Waals surface area (Å²) in [6.45, 7) is -0.0116. The fraction of sp³-hybridized carbons (Fsp3) is 0.500. The third-order valence-corrected chi connectivity index (χ3v) is 3.42. The molecule has 9 nitrogen and oxygen atoms in total. The molecule has 0 aromatic carbocycles. The van der Waals surface area contributed by atoms with E-state index < -0.39 is 16.2 Å². The Balaban J connectivity index is 2.61. The van der Waals surface area contributed by atoms with Gasteiger partial charge < -0.3 is 4.74 Å². The monoisotopic (exact) mass is 275 g/mol. The summed E-state index contributed by atoms with van der Waals surface area (Å²) in [6, 6.07) is 0. The third kappa shape index (κ3) is 4.22. The molecule has 0 unspecified atom stereocenters. The van der Waals surface area contributed by atoms with E-state index in [1.807, 2.05) is 0 Å². The number of carbonyl (C=O) groups is 1. The average Bonchev–Trinajstić information content (AvgIpc) is 2.36. The fourth-order valence-electron chi connectivity index (χ4n) is 0.959. The number of anilines is 1. The summed E-state index contributed by atoms with van der Waals surface area (Å²) in [6.07, 6.45) is 2.58. The molecule has 0 bridgehead atoms. The Bertz CT molecular complexity index is 491. The normalized spacial score (nSPS) is 11.3. The summed E-state index contributed by atoms with van der Waals surface area (Å²) < 4.78 is 31.0. The average molecular weight is 275 g/mol. The van der Waals surface area contributed by atoms with Crippen LogP contribution in [0.4, 0.5) is 5.95 Å². The van der Waals surface area contributed by atoms with Crippen molar-refractivity contribution in [3.05, 3.63) is 12.4 Å². The lowest BCUT2D eigenvalue weighted by Gasteiger charge is -2.16. The first-order valence-corrected chi connectivity index (χ1v) is 6.34. The number of aromatic nitrogens is 3. The zero-order valence-corrected chi connectivity index (χ0v) is 10.7. The maximum absolute atomic E-state index is 11.8. The lowest BCUT2D eigenvalue weighted by molar-refractivity contribution is -0.140. The van der Waals surface area contributed by atoms with Gasteiger partial charge in [0.15, 0.2) is 0 Å². The number of nitrogens with zero attached hydrogens (tertiary/aromatic N) is 4. The summed E-state index contributed by atoms with van der Waals surface area (Å²) in [5.74, 6) is -0.628. The standard InChI is InChI=1S/C8H13N5O4S/c1-13(6-3-7(14)17-2)18(15,16)12-8-9-4-5-10-11-8/h4-5H,3,6H2,1-2H3,(H,9,11,12). The number of nitrogens with one attached hydrogen (secondary N) is 1. The van der Waals surface area contributed by atoms with Crippen LogP contribution in [-0.2, 0) is 19.7 Å². The molecule has 0 atom stereocenters. The minimum absolute atomic E-state index is 0.0116. The quantitative estimate of drug-likeness (QED) is 0.664. The number of hydrogen-bond donors (Lipinski definition) is 1. The summed E-state index contributed by atoms with van der Waals surface area (Å²) in [5.41, 5.74) is 0. The van der Waals surface area contributed by atoms with Crippen LogP contribution in [-0.4, -0.2) is 54.6 Å². The first-order valence-electron chi connectivity index (χ1n) is 4.90. The topological polar surface area (TPSA) is 114 Å². The summed E-state index contributed by atoms with van der Waals surface area (Å²) in [7, 11) is -1.25. The highest BCUT2D eigenvalue weighted by atomic mass is 32.2. The Morgan fingerprint density at radius 1 is 1.50 bits per heavy atom. The molecular formula is C8H13N5O4S. The van der Waals surface area contributed by atoms with Crippen LogP contribution in [0, 0.1) is 0 Å². The van der Waals surface area contributed by atoms with Gasteiger partial charge in [0.25, 0.3) is 5.95 Å². The lowest BCUT2D eigenvalue weighted by atomic mass is 10.4. The molecular weight excluding hydrogens is 262 g/mol. The van der Waals surface area contributed by atoms with Crippen molar-refractivity contribution in [1.82, 2.24) is 19.5 Å². The Morgan fingerprint density at radius 3 is 2.78 bits per heavy atom. The van der Waals surface area contributed by atoms with Crippen molar-refractivity contribution in [2.45, 2.75) is 6.42 Å². The number of carbonyl (C=O) groups excluding carboxylic acids is 1. The van der Waals surface area contributed by atoms with Crippen LogP contribution in [0.15, 0.2) is 12.4 Å². The van der Waals surface area contributed by atoms with Gasteiger partial charge >= 0.3 is 16.2 Å². The molecule has 1 aromatic heterocycles. The van der Waals surface area contributed by atoms with Crippen molar-refractivity contribution in [3.8, 4) is 0 Å². The number of ether oxygens (including phenoxy) is 1. The van der Waals surface area contributed by atoms with E-state index in [4.69, 9.17) is 0 Å². The van der Waals surface area contributed by atoms with Crippen molar-refractivity contribution in [1.29, 1.82) is 0 Å². The van der Waals surface area contributed by atoms with Crippen LogP contribution in [0.25, 0.3) is 0 Å². The Kier molecular flexibility index (Phi) is 4.92. The molecule has 0 fully saturated rings. The first kappa shape index (κ1) is 14.3. The van der Waals surface area contributed by atoms with Crippen molar-refractivity contribution in [2.75, 3.05) is 25.4 Å². The van der Waals surface area contributed by atoms with Gasteiger partial charge in [-0.1, -0.05) is 0 Å². The summed E-state index contributed by atoms with van der Waals surface area (Å²) in [5, 5.41) is 6.97. The summed E-state index contributed by atoms with van der Waals surface area (Å²) >= 11 is 0. The molecule has 0 aliphatic rings. The maximum Gasteiger partial charge on any atom is 0.306 e. The number of rotatable bonds is 6. The third-order valence-electron chi connectivity index (χ3n) is 1.97. The van der Waals surface area contributed by atoms with Crippen LogP contribution in [0.5, 0.6) is 0 Å². The second kappa shape index (κ2) is 6.21. The van der Waals surface area contributed by atoms with Gasteiger partial charge in [0.2, 0.25) is 0 Å². The number of esters is 1. The highest BCUT2D eigenvalue weighted by Gasteiger charge is 2.19. The number of methoxy groups -OCH3 is 1. The minimum atomic E-state index is -3.81. The van der Waals surface area contributed by atoms with Gasteiger partial charge in [-0.15, -0.1) is 5.10 Å². The van der Waals surface area contributed by atoms with E-state index in [-0.39, 0.29) is 18.9 Å². The second-order valence-electron chi connectivity index (χ2n) is 3.22. The van der Waals surface area contributed by atoms with Crippen molar-refractivity contribution >= 4 is 22.1 Å². The molecule has 18 heavy (non-hydrogen) atoms. The molecule has 1 N–H and O–H groups in total. The maximum atomic E-state index is 11.8. The first-order chi connectivity index (χ1) is 8.45. The van der Waals surface area contributed by atoms with Crippen molar-refractivity contribution in [2.24, 2.45) is 0 Å². The van der Waals surface area contributed by atoms with E-state index in [9.17, 15) is 13.2 Å². The van der Waals surface area contributed by atoms with Gasteiger partial charge in [-0.05, 0) is 0 Å². The second-order valence-corrected chi connectivity index (χ2v) is 5.00. The van der Waals surface area contributed by atoms with Crippen LogP contribution in [0.1, 0.15) is 6.42 Å². The van der Waals surface area contributed by atoms with Gasteiger partial charge in [-0.3, -0.25) is 4.79 Å². The molecule has 0 aliphatic heterocycles. The van der Waals surface area contributed by atoms with E-state index >= 15 is 0 Å². The van der Waals surface area contributed by atoms with E-state index in [0.717, 1.165) is 4.31 Å². The highest BCUT2D eigenvalue weighted by molar-refractivity contribution is 7.90. The highest BCUT2D eigenvalue weighted by Crippen LogP contribution is 2.03. The smallest absolute Gasteiger partial charge is 0.306 e.